The summed E-state index contributed by atoms with van der Waals surface area (Å²) in [6.07, 6.45) is 1.16. The molecule has 1 heterocycles. The highest BCUT2D eigenvalue weighted by Gasteiger charge is 2.22. The zero-order valence-electron chi connectivity index (χ0n) is 7.90. The van der Waals surface area contributed by atoms with Gasteiger partial charge in [-0.15, -0.1) is 0 Å². The van der Waals surface area contributed by atoms with Gasteiger partial charge in [-0.2, -0.15) is 0 Å². The standard InChI is InChI=1S/C11H15NO/c1-12-7-6-9(8-12)10-4-2-3-5-11(10)13/h2-5,9,13H,6-8H2,1H3. The molecule has 70 valence electrons. The number of nitrogens with zero attached hydrogens (tertiary/aromatic N) is 1. The van der Waals surface area contributed by atoms with E-state index in [1.807, 2.05) is 18.2 Å². The number of likely N-dealkylation sites (tertiary alicyclic amines) is 1. The predicted molar refractivity (Wildman–Crippen MR) is 53.0 cm³/mol. The molecular weight excluding hydrogens is 162 g/mol. The van der Waals surface area contributed by atoms with Crippen molar-refractivity contribution in [2.24, 2.45) is 0 Å². The molecule has 0 radical (unpaired) electrons. The van der Waals surface area contributed by atoms with Crippen LogP contribution in [0.25, 0.3) is 0 Å². The summed E-state index contributed by atoms with van der Waals surface area (Å²) in [5, 5.41) is 9.64. The van der Waals surface area contributed by atoms with E-state index >= 15 is 0 Å². The van der Waals surface area contributed by atoms with Crippen molar-refractivity contribution in [3.63, 3.8) is 0 Å². The first-order valence-corrected chi connectivity index (χ1v) is 4.74. The maximum Gasteiger partial charge on any atom is 0.119 e. The fraction of sp³-hybridized carbons (Fsp3) is 0.455. The lowest BCUT2D eigenvalue weighted by molar-refractivity contribution is 0.408. The second-order valence-corrected chi connectivity index (χ2v) is 3.81. The van der Waals surface area contributed by atoms with E-state index in [-0.39, 0.29) is 0 Å². The van der Waals surface area contributed by atoms with Crippen molar-refractivity contribution in [1.29, 1.82) is 0 Å². The smallest absolute Gasteiger partial charge is 0.119 e. The molecule has 2 rings (SSSR count). The number of likely N-dealkylation sites (N-methyl/N-ethyl adjacent to an activating group) is 1. The van der Waals surface area contributed by atoms with E-state index in [9.17, 15) is 5.11 Å². The Labute approximate surface area is 78.8 Å². The van der Waals surface area contributed by atoms with Crippen molar-refractivity contribution in [3.8, 4) is 5.75 Å². The molecule has 1 fully saturated rings. The second-order valence-electron chi connectivity index (χ2n) is 3.81. The predicted octanol–water partition coefficient (Wildman–Crippen LogP) is 1.81. The quantitative estimate of drug-likeness (QED) is 0.707. The Morgan fingerprint density at radius 2 is 2.15 bits per heavy atom. The Hall–Kier alpha value is -1.02. The van der Waals surface area contributed by atoms with Gasteiger partial charge in [0.25, 0.3) is 0 Å². The number of phenols is 1. The van der Waals surface area contributed by atoms with E-state index in [0.29, 0.717) is 11.7 Å². The average molecular weight is 177 g/mol. The summed E-state index contributed by atoms with van der Waals surface area (Å²) >= 11 is 0. The Morgan fingerprint density at radius 3 is 2.77 bits per heavy atom. The lowest BCUT2D eigenvalue weighted by Gasteiger charge is -2.11. The number of hydrogen-bond donors (Lipinski definition) is 1. The third kappa shape index (κ3) is 1.68. The minimum atomic E-state index is 0.447. The van der Waals surface area contributed by atoms with Crippen molar-refractivity contribution < 1.29 is 5.11 Å². The van der Waals surface area contributed by atoms with Gasteiger partial charge in [-0.05, 0) is 31.6 Å². The highest BCUT2D eigenvalue weighted by atomic mass is 16.3. The fourth-order valence-corrected chi connectivity index (χ4v) is 2.02. The van der Waals surface area contributed by atoms with E-state index in [1.165, 1.54) is 0 Å². The molecule has 1 aromatic rings. The van der Waals surface area contributed by atoms with E-state index in [0.717, 1.165) is 25.1 Å². The number of aromatic hydroxyl groups is 1. The number of rotatable bonds is 1. The van der Waals surface area contributed by atoms with Crippen molar-refractivity contribution in [3.05, 3.63) is 29.8 Å². The Balaban J connectivity index is 2.21. The van der Waals surface area contributed by atoms with Gasteiger partial charge in [0, 0.05) is 12.5 Å². The summed E-state index contributed by atoms with van der Waals surface area (Å²) in [4.78, 5) is 2.30. The number of hydrogen-bond acceptors (Lipinski definition) is 2. The normalized spacial score (nSPS) is 23.6. The maximum absolute atomic E-state index is 9.64. The van der Waals surface area contributed by atoms with Gasteiger partial charge in [0.1, 0.15) is 5.75 Å². The van der Waals surface area contributed by atoms with Gasteiger partial charge in [0.05, 0.1) is 0 Å². The molecule has 0 saturated carbocycles. The Bertz CT molecular complexity index is 298. The second kappa shape index (κ2) is 3.38. The molecule has 2 heteroatoms. The number of benzene rings is 1. The van der Waals surface area contributed by atoms with E-state index in [1.54, 1.807) is 6.07 Å². The molecule has 1 unspecified atom stereocenters. The van der Waals surface area contributed by atoms with Gasteiger partial charge in [0.15, 0.2) is 0 Å². The summed E-state index contributed by atoms with van der Waals surface area (Å²) < 4.78 is 0. The van der Waals surface area contributed by atoms with Gasteiger partial charge in [0.2, 0.25) is 0 Å². The van der Waals surface area contributed by atoms with Crippen LogP contribution >= 0.6 is 0 Å². The minimum Gasteiger partial charge on any atom is -0.508 e. The van der Waals surface area contributed by atoms with Gasteiger partial charge in [-0.1, -0.05) is 18.2 Å². The summed E-state index contributed by atoms with van der Waals surface area (Å²) in [7, 11) is 2.12. The van der Waals surface area contributed by atoms with Crippen LogP contribution in [0.15, 0.2) is 24.3 Å². The molecular formula is C11H15NO. The number of phenolic OH excluding ortho intramolecular Hbond substituents is 1. The highest BCUT2D eigenvalue weighted by molar-refractivity contribution is 5.35. The van der Waals surface area contributed by atoms with Gasteiger partial charge < -0.3 is 10.0 Å². The van der Waals surface area contributed by atoms with Gasteiger partial charge >= 0.3 is 0 Å². The van der Waals surface area contributed by atoms with E-state index in [2.05, 4.69) is 11.9 Å². The maximum atomic E-state index is 9.64. The summed E-state index contributed by atoms with van der Waals surface area (Å²) in [5.41, 5.74) is 1.10. The first-order valence-electron chi connectivity index (χ1n) is 4.74. The molecule has 0 bridgehead atoms. The van der Waals surface area contributed by atoms with Crippen molar-refractivity contribution in [2.45, 2.75) is 12.3 Å². The van der Waals surface area contributed by atoms with Crippen LogP contribution in [0.3, 0.4) is 0 Å². The van der Waals surface area contributed by atoms with Crippen LogP contribution in [0.4, 0.5) is 0 Å². The van der Waals surface area contributed by atoms with E-state index in [4.69, 9.17) is 0 Å². The lowest BCUT2D eigenvalue weighted by atomic mass is 9.98. The molecule has 0 aliphatic carbocycles. The van der Waals surface area contributed by atoms with Crippen LogP contribution in [-0.4, -0.2) is 30.1 Å². The summed E-state index contributed by atoms with van der Waals surface area (Å²) in [6, 6.07) is 7.66. The highest BCUT2D eigenvalue weighted by Crippen LogP contribution is 2.31. The van der Waals surface area contributed by atoms with Crippen LogP contribution < -0.4 is 0 Å². The Kier molecular flexibility index (Phi) is 2.23. The summed E-state index contributed by atoms with van der Waals surface area (Å²) in [5.74, 6) is 0.967. The van der Waals surface area contributed by atoms with Crippen LogP contribution in [0, 0.1) is 0 Å². The zero-order valence-corrected chi connectivity index (χ0v) is 7.90. The molecule has 0 aromatic heterocycles. The van der Waals surface area contributed by atoms with Gasteiger partial charge in [-0.3, -0.25) is 0 Å². The fourth-order valence-electron chi connectivity index (χ4n) is 2.02. The average Bonchev–Trinajstić information content (AvgIpc) is 2.53. The molecule has 1 N–H and O–H groups in total. The molecule has 0 spiro atoms. The first kappa shape index (κ1) is 8.57. The van der Waals surface area contributed by atoms with Crippen LogP contribution in [0.1, 0.15) is 17.9 Å². The summed E-state index contributed by atoms with van der Waals surface area (Å²) in [6.45, 7) is 2.20. The van der Waals surface area contributed by atoms with E-state index < -0.39 is 0 Å². The molecule has 1 atom stereocenters. The Morgan fingerprint density at radius 1 is 1.38 bits per heavy atom. The zero-order chi connectivity index (χ0) is 9.26. The SMILES string of the molecule is CN1CCC(c2ccccc2O)C1. The molecule has 1 aliphatic heterocycles. The third-order valence-electron chi connectivity index (χ3n) is 2.77. The van der Waals surface area contributed by atoms with Crippen molar-refractivity contribution in [2.75, 3.05) is 20.1 Å². The van der Waals surface area contributed by atoms with Crippen molar-refractivity contribution >= 4 is 0 Å². The molecule has 1 aromatic carbocycles. The molecule has 2 nitrogen and oxygen atoms in total. The topological polar surface area (TPSA) is 23.5 Å². The van der Waals surface area contributed by atoms with Gasteiger partial charge in [-0.25, -0.2) is 0 Å². The number of para-hydroxylation sites is 1. The van der Waals surface area contributed by atoms with Crippen LogP contribution in [0.2, 0.25) is 0 Å². The lowest BCUT2D eigenvalue weighted by Crippen LogP contribution is -2.13. The molecule has 1 saturated heterocycles. The molecule has 0 amide bonds. The monoisotopic (exact) mass is 177 g/mol. The minimum absolute atomic E-state index is 0.447. The third-order valence-corrected chi connectivity index (χ3v) is 2.77. The van der Waals surface area contributed by atoms with Crippen molar-refractivity contribution in [1.82, 2.24) is 4.90 Å². The van der Waals surface area contributed by atoms with Crippen LogP contribution in [-0.2, 0) is 0 Å². The molecule has 1 aliphatic rings. The molecule has 13 heavy (non-hydrogen) atoms. The van der Waals surface area contributed by atoms with Crippen LogP contribution in [0.5, 0.6) is 5.75 Å². The first-order chi connectivity index (χ1) is 6.27. The largest absolute Gasteiger partial charge is 0.508 e.